The van der Waals surface area contributed by atoms with Crippen molar-refractivity contribution in [1.82, 2.24) is 9.62 Å². The molecule has 0 aromatic heterocycles. The van der Waals surface area contributed by atoms with Gasteiger partial charge in [0.15, 0.2) is 0 Å². The van der Waals surface area contributed by atoms with E-state index in [0.29, 0.717) is 25.3 Å². The van der Waals surface area contributed by atoms with E-state index in [9.17, 15) is 13.2 Å². The Morgan fingerprint density at radius 3 is 2.53 bits per heavy atom. The van der Waals surface area contributed by atoms with E-state index in [1.807, 2.05) is 18.2 Å². The van der Waals surface area contributed by atoms with Crippen molar-refractivity contribution in [1.29, 1.82) is 0 Å². The third-order valence-electron chi connectivity index (χ3n) is 6.08. The maximum Gasteiger partial charge on any atom is 0.409 e. The first-order chi connectivity index (χ1) is 14.3. The number of likely N-dealkylation sites (tertiary alicyclic amines) is 1. The van der Waals surface area contributed by atoms with Crippen LogP contribution in [0.3, 0.4) is 0 Å². The highest BCUT2D eigenvalue weighted by molar-refractivity contribution is 7.88. The van der Waals surface area contributed by atoms with Gasteiger partial charge in [0.2, 0.25) is 10.0 Å². The third kappa shape index (κ3) is 6.09. The monoisotopic (exact) mass is 458 g/mol. The number of rotatable bonds is 6. The molecule has 30 heavy (non-hydrogen) atoms. The van der Waals surface area contributed by atoms with Gasteiger partial charge >= 0.3 is 6.09 Å². The van der Waals surface area contributed by atoms with Crippen LogP contribution in [0.5, 0.6) is 0 Å². The molecule has 1 aromatic carbocycles. The van der Waals surface area contributed by atoms with Gasteiger partial charge in [0, 0.05) is 17.6 Å². The molecule has 1 aromatic rings. The van der Waals surface area contributed by atoms with Gasteiger partial charge < -0.3 is 14.4 Å². The van der Waals surface area contributed by atoms with E-state index in [1.165, 1.54) is 12.7 Å². The van der Waals surface area contributed by atoms with E-state index >= 15 is 0 Å². The first kappa shape index (κ1) is 23.3. The van der Waals surface area contributed by atoms with Crippen molar-refractivity contribution in [2.75, 3.05) is 26.5 Å². The predicted octanol–water partition coefficient (Wildman–Crippen LogP) is 3.53. The molecule has 168 valence electrons. The summed E-state index contributed by atoms with van der Waals surface area (Å²) in [6, 6.07) is 7.21. The summed E-state index contributed by atoms with van der Waals surface area (Å²) in [5.41, 5.74) is 1.19. The Bertz CT molecular complexity index is 826. The molecular weight excluding hydrogens is 428 g/mol. The van der Waals surface area contributed by atoms with Crippen molar-refractivity contribution >= 4 is 27.7 Å². The van der Waals surface area contributed by atoms with Gasteiger partial charge in [-0.05, 0) is 56.1 Å². The molecule has 2 fully saturated rings. The van der Waals surface area contributed by atoms with Gasteiger partial charge in [0.05, 0.1) is 32.1 Å². The number of amides is 1. The van der Waals surface area contributed by atoms with E-state index in [1.54, 1.807) is 4.90 Å². The van der Waals surface area contributed by atoms with Gasteiger partial charge in [-0.15, -0.1) is 0 Å². The number of halogens is 1. The minimum atomic E-state index is -3.39. The molecule has 0 spiro atoms. The van der Waals surface area contributed by atoms with Crippen LogP contribution in [0.2, 0.25) is 5.02 Å². The fourth-order valence-electron chi connectivity index (χ4n) is 4.60. The number of nitrogens with zero attached hydrogens (tertiary/aromatic N) is 1. The molecule has 9 heteroatoms. The molecule has 2 aliphatic rings. The lowest BCUT2D eigenvalue weighted by atomic mass is 9.82. The van der Waals surface area contributed by atoms with Crippen LogP contribution in [-0.2, 0) is 19.5 Å². The van der Waals surface area contributed by atoms with Gasteiger partial charge in [-0.3, -0.25) is 0 Å². The van der Waals surface area contributed by atoms with Crippen molar-refractivity contribution in [3.63, 3.8) is 0 Å². The third-order valence-corrected chi connectivity index (χ3v) is 7.15. The number of nitrogens with one attached hydrogen (secondary N) is 1. The fourth-order valence-corrected chi connectivity index (χ4v) is 5.72. The molecule has 1 aliphatic carbocycles. The van der Waals surface area contributed by atoms with Crippen LogP contribution in [0.15, 0.2) is 24.3 Å². The SMILES string of the molecule is COC(=O)N1CCC[C@H](NS(C)(=O)=O)[C@@H]1CO[C@H]1CC[C@@H](c2ccccc2Cl)CC1. The van der Waals surface area contributed by atoms with Crippen molar-refractivity contribution in [2.24, 2.45) is 0 Å². The average molecular weight is 459 g/mol. The molecule has 1 N–H and O–H groups in total. The number of hydrogen-bond donors (Lipinski definition) is 1. The van der Waals surface area contributed by atoms with Crippen molar-refractivity contribution < 1.29 is 22.7 Å². The molecule has 1 amide bonds. The normalized spacial score (nSPS) is 27.6. The van der Waals surface area contributed by atoms with Crippen LogP contribution in [0.25, 0.3) is 0 Å². The largest absolute Gasteiger partial charge is 0.453 e. The van der Waals surface area contributed by atoms with Crippen LogP contribution in [0, 0.1) is 0 Å². The minimum Gasteiger partial charge on any atom is -0.453 e. The summed E-state index contributed by atoms with van der Waals surface area (Å²) in [6.45, 7) is 0.811. The number of carbonyl (C=O) groups excluding carboxylic acids is 1. The van der Waals surface area contributed by atoms with Crippen LogP contribution in [0.4, 0.5) is 4.79 Å². The first-order valence-corrected chi connectivity index (χ1v) is 12.7. The molecule has 1 heterocycles. The van der Waals surface area contributed by atoms with E-state index in [0.717, 1.165) is 37.0 Å². The molecular formula is C21H31ClN2O5S. The summed E-state index contributed by atoms with van der Waals surface area (Å²) < 4.78 is 37.4. The first-order valence-electron chi connectivity index (χ1n) is 10.5. The Kier molecular flexibility index (Phi) is 8.01. The molecule has 0 radical (unpaired) electrons. The summed E-state index contributed by atoms with van der Waals surface area (Å²) in [7, 11) is -2.06. The van der Waals surface area contributed by atoms with Gasteiger partial charge in [0.25, 0.3) is 0 Å². The Labute approximate surface area is 184 Å². The highest BCUT2D eigenvalue weighted by Gasteiger charge is 2.37. The van der Waals surface area contributed by atoms with Gasteiger partial charge in [-0.1, -0.05) is 29.8 Å². The minimum absolute atomic E-state index is 0.0871. The topological polar surface area (TPSA) is 84.9 Å². The van der Waals surface area contributed by atoms with Crippen molar-refractivity contribution in [3.8, 4) is 0 Å². The molecule has 1 saturated carbocycles. The second kappa shape index (κ2) is 10.3. The van der Waals surface area contributed by atoms with Gasteiger partial charge in [-0.2, -0.15) is 0 Å². The second-order valence-corrected chi connectivity index (χ2v) is 10.4. The molecule has 7 nitrogen and oxygen atoms in total. The number of benzene rings is 1. The van der Waals surface area contributed by atoms with E-state index in [2.05, 4.69) is 10.8 Å². The molecule has 2 atom stereocenters. The number of carbonyl (C=O) groups is 1. The van der Waals surface area contributed by atoms with Crippen LogP contribution in [-0.4, -0.2) is 64.1 Å². The lowest BCUT2D eigenvalue weighted by Crippen LogP contribution is -2.59. The van der Waals surface area contributed by atoms with Crippen molar-refractivity contribution in [3.05, 3.63) is 34.9 Å². The van der Waals surface area contributed by atoms with Crippen molar-refractivity contribution in [2.45, 2.75) is 62.6 Å². The zero-order chi connectivity index (χ0) is 21.7. The Balaban J connectivity index is 1.60. The standard InChI is InChI=1S/C21H31ClN2O5S/c1-28-21(25)24-13-5-8-19(23-30(2,26)27)20(24)14-29-16-11-9-15(10-12-16)17-6-3-4-7-18(17)22/h3-4,6-7,15-16,19-20,23H,5,8-14H2,1-2H3/t15-,16+,19-,20-/m0/s1. The number of methoxy groups -OCH3 is 1. The summed E-state index contributed by atoms with van der Waals surface area (Å²) in [5, 5.41) is 0.812. The zero-order valence-corrected chi connectivity index (χ0v) is 19.1. The van der Waals surface area contributed by atoms with Crippen LogP contribution in [0.1, 0.15) is 50.0 Å². The van der Waals surface area contributed by atoms with E-state index in [4.69, 9.17) is 21.1 Å². The average Bonchev–Trinajstić information content (AvgIpc) is 2.72. The number of piperidine rings is 1. The van der Waals surface area contributed by atoms with Gasteiger partial charge in [-0.25, -0.2) is 17.9 Å². The molecule has 1 saturated heterocycles. The quantitative estimate of drug-likeness (QED) is 0.704. The number of hydrogen-bond acceptors (Lipinski definition) is 5. The summed E-state index contributed by atoms with van der Waals surface area (Å²) in [5.74, 6) is 0.430. The smallest absolute Gasteiger partial charge is 0.409 e. The van der Waals surface area contributed by atoms with Crippen LogP contribution >= 0.6 is 11.6 Å². The summed E-state index contributed by atoms with van der Waals surface area (Å²) in [6.07, 6.45) is 5.94. The lowest BCUT2D eigenvalue weighted by Gasteiger charge is -2.41. The molecule has 1 aliphatic heterocycles. The predicted molar refractivity (Wildman–Crippen MR) is 116 cm³/mol. The second-order valence-electron chi connectivity index (χ2n) is 8.20. The Morgan fingerprint density at radius 2 is 1.90 bits per heavy atom. The van der Waals surface area contributed by atoms with Crippen LogP contribution < -0.4 is 4.72 Å². The van der Waals surface area contributed by atoms with E-state index < -0.39 is 16.1 Å². The fraction of sp³-hybridized carbons (Fsp3) is 0.667. The lowest BCUT2D eigenvalue weighted by molar-refractivity contribution is -0.0245. The highest BCUT2D eigenvalue weighted by Crippen LogP contribution is 2.37. The summed E-state index contributed by atoms with van der Waals surface area (Å²) >= 11 is 6.35. The van der Waals surface area contributed by atoms with Gasteiger partial charge in [0.1, 0.15) is 0 Å². The molecule has 3 rings (SSSR count). The molecule has 0 unspecified atom stereocenters. The number of sulfonamides is 1. The zero-order valence-electron chi connectivity index (χ0n) is 17.6. The highest BCUT2D eigenvalue weighted by atomic mass is 35.5. The Morgan fingerprint density at radius 1 is 1.20 bits per heavy atom. The maximum absolute atomic E-state index is 12.2. The maximum atomic E-state index is 12.2. The molecule has 0 bridgehead atoms. The summed E-state index contributed by atoms with van der Waals surface area (Å²) in [4.78, 5) is 13.8. The van der Waals surface area contributed by atoms with E-state index in [-0.39, 0.29) is 24.8 Å². The Hall–Kier alpha value is -1.35. The number of ether oxygens (including phenoxy) is 2.